The lowest BCUT2D eigenvalue weighted by molar-refractivity contribution is -0.160. The Labute approximate surface area is 259 Å². The van der Waals surface area contributed by atoms with E-state index in [1.807, 2.05) is 49.9 Å². The van der Waals surface area contributed by atoms with E-state index in [1.54, 1.807) is 7.11 Å². The van der Waals surface area contributed by atoms with Crippen molar-refractivity contribution in [2.75, 3.05) is 18.2 Å². The third kappa shape index (κ3) is 4.65. The van der Waals surface area contributed by atoms with E-state index in [0.29, 0.717) is 17.6 Å². The molecule has 2 saturated carbocycles. The minimum atomic E-state index is -0.628. The molecule has 3 aromatic heterocycles. The van der Waals surface area contributed by atoms with Crippen molar-refractivity contribution in [3.8, 4) is 5.75 Å². The number of aromatic nitrogens is 4. The summed E-state index contributed by atoms with van der Waals surface area (Å²) in [5.41, 5.74) is 3.03. The van der Waals surface area contributed by atoms with E-state index >= 15 is 0 Å². The lowest BCUT2D eigenvalue weighted by Crippen LogP contribution is -2.32. The van der Waals surface area contributed by atoms with E-state index < -0.39 is 5.79 Å². The average Bonchev–Trinajstić information content (AvgIpc) is 3.26. The van der Waals surface area contributed by atoms with Crippen molar-refractivity contribution in [2.24, 2.45) is 11.3 Å². The van der Waals surface area contributed by atoms with E-state index in [1.165, 1.54) is 16.8 Å². The second-order valence-corrected chi connectivity index (χ2v) is 13.6. The number of benzene rings is 2. The lowest BCUT2D eigenvalue weighted by Gasteiger charge is -2.24. The van der Waals surface area contributed by atoms with Gasteiger partial charge in [-0.2, -0.15) is 0 Å². The lowest BCUT2D eigenvalue weighted by atomic mass is 10.0. The average molecular weight is 614 g/mol. The van der Waals surface area contributed by atoms with Crippen molar-refractivity contribution in [3.05, 3.63) is 83.9 Å². The Hall–Kier alpha value is -3.37. The summed E-state index contributed by atoms with van der Waals surface area (Å²) in [5.74, 6) is 2.46. The van der Waals surface area contributed by atoms with Gasteiger partial charge in [-0.1, -0.05) is 29.8 Å². The molecule has 8 rings (SSSR count). The number of pyridine rings is 1. The van der Waals surface area contributed by atoms with Crippen molar-refractivity contribution < 1.29 is 14.2 Å². The standard InChI is InChI=1S/C33H32ClN5O3S/c1-32(2)41-28-27(39-13-12-23-30(34)36-18-37-31(23)39)24-15-33(24,29(28)42-32)17-43-22-10-6-20-7-11-26(38-25(20)14-22)35-16-19-4-8-21(40-3)9-5-19/h4-14,18,24,27-29H,15-17H2,1-3H3,(H,35,38)/t24-,27-,28+,29+,33+/m1/s1. The molecule has 3 fully saturated rings. The Morgan fingerprint density at radius 3 is 2.74 bits per heavy atom. The molecule has 5 atom stereocenters. The van der Waals surface area contributed by atoms with Gasteiger partial charge in [0.25, 0.3) is 0 Å². The maximum atomic E-state index is 6.61. The summed E-state index contributed by atoms with van der Waals surface area (Å²) in [6.07, 6.45) is 4.68. The van der Waals surface area contributed by atoms with Crippen LogP contribution in [0.1, 0.15) is 31.9 Å². The molecule has 220 valence electrons. The fourth-order valence-electron chi connectivity index (χ4n) is 7.07. The number of rotatable bonds is 8. The number of thioether (sulfide) groups is 1. The van der Waals surface area contributed by atoms with Gasteiger partial charge in [0, 0.05) is 34.2 Å². The number of methoxy groups -OCH3 is 1. The summed E-state index contributed by atoms with van der Waals surface area (Å²) in [6, 6.07) is 20.9. The largest absolute Gasteiger partial charge is 0.497 e. The van der Waals surface area contributed by atoms with Crippen molar-refractivity contribution in [3.63, 3.8) is 0 Å². The van der Waals surface area contributed by atoms with Gasteiger partial charge >= 0.3 is 0 Å². The molecule has 0 amide bonds. The Morgan fingerprint density at radius 2 is 1.91 bits per heavy atom. The number of nitrogens with zero attached hydrogens (tertiary/aromatic N) is 4. The molecule has 2 aromatic carbocycles. The molecule has 2 aliphatic carbocycles. The van der Waals surface area contributed by atoms with Crippen molar-refractivity contribution >= 4 is 51.1 Å². The fraction of sp³-hybridized carbons (Fsp3) is 0.364. The number of hydrogen-bond donors (Lipinski definition) is 1. The van der Waals surface area contributed by atoms with Crippen molar-refractivity contribution in [2.45, 2.75) is 55.7 Å². The zero-order chi connectivity index (χ0) is 29.3. The van der Waals surface area contributed by atoms with E-state index in [2.05, 4.69) is 62.4 Å². The highest BCUT2D eigenvalue weighted by Crippen LogP contribution is 2.72. The van der Waals surface area contributed by atoms with E-state index in [9.17, 15) is 0 Å². The van der Waals surface area contributed by atoms with Gasteiger partial charge in [0.15, 0.2) is 5.79 Å². The third-order valence-electron chi connectivity index (χ3n) is 9.21. The van der Waals surface area contributed by atoms with Crippen LogP contribution in [0.25, 0.3) is 21.9 Å². The smallest absolute Gasteiger partial charge is 0.163 e. The van der Waals surface area contributed by atoms with Gasteiger partial charge in [0.1, 0.15) is 34.8 Å². The van der Waals surface area contributed by atoms with Crippen molar-refractivity contribution in [1.82, 2.24) is 19.5 Å². The molecule has 1 aliphatic heterocycles. The minimum Gasteiger partial charge on any atom is -0.497 e. The second-order valence-electron chi connectivity index (χ2n) is 12.2. The number of halogens is 1. The molecule has 5 aromatic rings. The molecule has 43 heavy (non-hydrogen) atoms. The third-order valence-corrected chi connectivity index (χ3v) is 10.8. The highest BCUT2D eigenvalue weighted by molar-refractivity contribution is 7.99. The molecule has 4 heterocycles. The Morgan fingerprint density at radius 1 is 1.07 bits per heavy atom. The first-order chi connectivity index (χ1) is 20.8. The number of hydrogen-bond acceptors (Lipinski definition) is 8. The monoisotopic (exact) mass is 613 g/mol. The zero-order valence-electron chi connectivity index (χ0n) is 24.2. The molecule has 3 aliphatic rings. The topological polar surface area (TPSA) is 83.3 Å². The van der Waals surface area contributed by atoms with Crippen LogP contribution in [0.15, 0.2) is 78.1 Å². The molecule has 0 unspecified atom stereocenters. The molecule has 0 radical (unpaired) electrons. The van der Waals surface area contributed by atoms with Gasteiger partial charge in [0.05, 0.1) is 30.2 Å². The molecule has 1 N–H and O–H groups in total. The Bertz CT molecular complexity index is 1850. The maximum Gasteiger partial charge on any atom is 0.163 e. The van der Waals surface area contributed by atoms with Gasteiger partial charge in [-0.3, -0.25) is 0 Å². The molecule has 8 nitrogen and oxygen atoms in total. The van der Waals surface area contributed by atoms with Gasteiger partial charge in [0.2, 0.25) is 0 Å². The van der Waals surface area contributed by atoms with Gasteiger partial charge in [-0.25, -0.2) is 15.0 Å². The summed E-state index contributed by atoms with van der Waals surface area (Å²) in [4.78, 5) is 14.9. The van der Waals surface area contributed by atoms with Crippen LogP contribution >= 0.6 is 23.4 Å². The van der Waals surface area contributed by atoms with Crippen LogP contribution in [0.3, 0.4) is 0 Å². The number of anilines is 1. The predicted octanol–water partition coefficient (Wildman–Crippen LogP) is 7.13. The van der Waals surface area contributed by atoms with E-state index in [4.69, 9.17) is 30.8 Å². The van der Waals surface area contributed by atoms with E-state index in [-0.39, 0.29) is 23.7 Å². The highest BCUT2D eigenvalue weighted by Gasteiger charge is 2.75. The highest BCUT2D eigenvalue weighted by atomic mass is 35.5. The maximum absolute atomic E-state index is 6.61. The summed E-state index contributed by atoms with van der Waals surface area (Å²) in [5, 5.41) is 5.92. The SMILES string of the molecule is COc1ccc(CNc2ccc3ccc(SC[C@@]45C[C@@H]4[C@@H](n4ccc6c(Cl)ncnc64)[C@@H]4OC(C)(C)O[C@@H]45)cc3n2)cc1. The van der Waals surface area contributed by atoms with E-state index in [0.717, 1.165) is 45.7 Å². The summed E-state index contributed by atoms with van der Waals surface area (Å²) >= 11 is 8.28. The van der Waals surface area contributed by atoms with Crippen LogP contribution in [0.5, 0.6) is 5.75 Å². The van der Waals surface area contributed by atoms with Gasteiger partial charge < -0.3 is 24.1 Å². The van der Waals surface area contributed by atoms with Crippen LogP contribution in [0, 0.1) is 11.3 Å². The molecule has 1 saturated heterocycles. The number of ether oxygens (including phenoxy) is 3. The fourth-order valence-corrected chi connectivity index (χ4v) is 8.55. The van der Waals surface area contributed by atoms with Crippen LogP contribution in [-0.2, 0) is 16.0 Å². The zero-order valence-corrected chi connectivity index (χ0v) is 25.7. The van der Waals surface area contributed by atoms with Gasteiger partial charge in [-0.15, -0.1) is 11.8 Å². The molecule has 0 spiro atoms. The van der Waals surface area contributed by atoms with Gasteiger partial charge in [-0.05, 0) is 74.2 Å². The minimum absolute atomic E-state index is 0.0205. The van der Waals surface area contributed by atoms with Crippen LogP contribution in [-0.4, -0.2) is 50.4 Å². The molecular weight excluding hydrogens is 582 g/mol. The second kappa shape index (κ2) is 10.1. The number of nitrogens with one attached hydrogen (secondary N) is 1. The predicted molar refractivity (Wildman–Crippen MR) is 169 cm³/mol. The summed E-state index contributed by atoms with van der Waals surface area (Å²) in [7, 11) is 1.68. The molecule has 0 bridgehead atoms. The Balaban J connectivity index is 1.02. The normalized spacial score (nSPS) is 26.9. The quantitative estimate of drug-likeness (QED) is 0.146. The van der Waals surface area contributed by atoms with Crippen LogP contribution < -0.4 is 10.1 Å². The first-order valence-corrected chi connectivity index (χ1v) is 15.9. The Kier molecular flexibility index (Phi) is 6.38. The first kappa shape index (κ1) is 27.2. The van der Waals surface area contributed by atoms with Crippen molar-refractivity contribution in [1.29, 1.82) is 0 Å². The summed E-state index contributed by atoms with van der Waals surface area (Å²) < 4.78 is 20.7. The first-order valence-electron chi connectivity index (χ1n) is 14.6. The molecule has 10 heteroatoms. The summed E-state index contributed by atoms with van der Waals surface area (Å²) in [6.45, 7) is 4.73. The van der Waals surface area contributed by atoms with Crippen LogP contribution in [0.4, 0.5) is 5.82 Å². The van der Waals surface area contributed by atoms with Crippen LogP contribution in [0.2, 0.25) is 5.15 Å². The number of fused-ring (bicyclic) bond motifs is 5. The molecular formula is C33H32ClN5O3S.